The molecule has 0 saturated carbocycles. The summed E-state index contributed by atoms with van der Waals surface area (Å²) in [7, 11) is 0. The minimum absolute atomic E-state index is 0.166. The summed E-state index contributed by atoms with van der Waals surface area (Å²) in [5, 5.41) is 0. The molecule has 0 radical (unpaired) electrons. The van der Waals surface area contributed by atoms with Gasteiger partial charge >= 0.3 is 11.9 Å². The van der Waals surface area contributed by atoms with Crippen molar-refractivity contribution in [3.63, 3.8) is 0 Å². The number of carbonyl (C=O) groups excluding carboxylic acids is 2. The zero-order chi connectivity index (χ0) is 12.3. The highest BCUT2D eigenvalue weighted by Crippen LogP contribution is 2.12. The molecule has 1 aromatic rings. The standard InChI is InChI=1S/C13H14O4/c1-9-3-2-8-16-12(14)10-4-6-11(7-5-10)13(15)17-9/h4-7,9H,2-3,8H2,1H3. The molecule has 2 heterocycles. The highest BCUT2D eigenvalue weighted by atomic mass is 16.5. The van der Waals surface area contributed by atoms with E-state index in [9.17, 15) is 9.59 Å². The number of hydrogen-bond donors (Lipinski definition) is 0. The second-order valence-electron chi connectivity index (χ2n) is 4.07. The van der Waals surface area contributed by atoms with Crippen LogP contribution in [0.5, 0.6) is 0 Å². The van der Waals surface area contributed by atoms with Crippen molar-refractivity contribution in [2.24, 2.45) is 0 Å². The quantitative estimate of drug-likeness (QED) is 0.646. The van der Waals surface area contributed by atoms with Crippen LogP contribution in [0.25, 0.3) is 0 Å². The lowest BCUT2D eigenvalue weighted by molar-refractivity contribution is 0.0276. The average molecular weight is 234 g/mol. The van der Waals surface area contributed by atoms with E-state index in [4.69, 9.17) is 9.47 Å². The molecule has 2 bridgehead atoms. The van der Waals surface area contributed by atoms with Crippen molar-refractivity contribution >= 4 is 11.9 Å². The van der Waals surface area contributed by atoms with Gasteiger partial charge in [0.05, 0.1) is 23.8 Å². The third-order valence-corrected chi connectivity index (χ3v) is 2.65. The normalized spacial score (nSPS) is 21.1. The Hall–Kier alpha value is -1.84. The smallest absolute Gasteiger partial charge is 0.338 e. The van der Waals surface area contributed by atoms with Gasteiger partial charge in [-0.3, -0.25) is 0 Å². The molecule has 1 unspecified atom stereocenters. The maximum Gasteiger partial charge on any atom is 0.338 e. The predicted octanol–water partition coefficient (Wildman–Crippen LogP) is 2.18. The van der Waals surface area contributed by atoms with Gasteiger partial charge < -0.3 is 9.47 Å². The van der Waals surface area contributed by atoms with Crippen LogP contribution in [0.15, 0.2) is 24.3 Å². The third kappa shape index (κ3) is 2.84. The molecule has 0 amide bonds. The summed E-state index contributed by atoms with van der Waals surface area (Å²) in [5.41, 5.74) is 0.907. The fourth-order valence-corrected chi connectivity index (χ4v) is 1.67. The number of fused-ring (bicyclic) bond motifs is 9. The maximum absolute atomic E-state index is 11.7. The molecule has 3 rings (SSSR count). The van der Waals surface area contributed by atoms with Gasteiger partial charge in [0, 0.05) is 0 Å². The van der Waals surface area contributed by atoms with E-state index in [1.54, 1.807) is 24.3 Å². The van der Waals surface area contributed by atoms with Crippen molar-refractivity contribution in [3.8, 4) is 0 Å². The van der Waals surface area contributed by atoms with Crippen LogP contribution >= 0.6 is 0 Å². The van der Waals surface area contributed by atoms with Crippen LogP contribution < -0.4 is 0 Å². The molecular weight excluding hydrogens is 220 g/mol. The van der Waals surface area contributed by atoms with Gasteiger partial charge in [-0.05, 0) is 44.0 Å². The summed E-state index contributed by atoms with van der Waals surface area (Å²) in [6, 6.07) is 6.30. The molecular formula is C13H14O4. The molecule has 0 N–H and O–H groups in total. The van der Waals surface area contributed by atoms with Gasteiger partial charge in [0.25, 0.3) is 0 Å². The number of esters is 2. The summed E-state index contributed by atoms with van der Waals surface area (Å²) in [6.07, 6.45) is 1.21. The highest BCUT2D eigenvalue weighted by molar-refractivity contribution is 5.93. The van der Waals surface area contributed by atoms with Crippen molar-refractivity contribution in [2.45, 2.75) is 25.9 Å². The van der Waals surface area contributed by atoms with Gasteiger partial charge in [-0.15, -0.1) is 0 Å². The predicted molar refractivity (Wildman–Crippen MR) is 60.8 cm³/mol. The van der Waals surface area contributed by atoms with E-state index < -0.39 is 0 Å². The monoisotopic (exact) mass is 234 g/mol. The molecule has 17 heavy (non-hydrogen) atoms. The Morgan fingerprint density at radius 1 is 1.06 bits per heavy atom. The summed E-state index contributed by atoms with van der Waals surface area (Å²) in [6.45, 7) is 2.18. The Labute approximate surface area is 99.5 Å². The Kier molecular flexibility index (Phi) is 3.42. The first-order valence-corrected chi connectivity index (χ1v) is 5.65. The van der Waals surface area contributed by atoms with Gasteiger partial charge in [0.1, 0.15) is 0 Å². The van der Waals surface area contributed by atoms with Gasteiger partial charge in [-0.2, -0.15) is 0 Å². The lowest BCUT2D eigenvalue weighted by atomic mass is 10.1. The Morgan fingerprint density at radius 3 is 2.29 bits per heavy atom. The van der Waals surface area contributed by atoms with Crippen LogP contribution in [-0.2, 0) is 9.47 Å². The fourth-order valence-electron chi connectivity index (χ4n) is 1.67. The van der Waals surface area contributed by atoms with Crippen LogP contribution in [0.3, 0.4) is 0 Å². The second-order valence-corrected chi connectivity index (χ2v) is 4.07. The molecule has 4 heteroatoms. The van der Waals surface area contributed by atoms with E-state index in [2.05, 4.69) is 0 Å². The number of ether oxygens (including phenoxy) is 2. The van der Waals surface area contributed by atoms with Gasteiger partial charge in [0.2, 0.25) is 0 Å². The van der Waals surface area contributed by atoms with Crippen LogP contribution in [-0.4, -0.2) is 24.6 Å². The van der Waals surface area contributed by atoms with Crippen molar-refractivity contribution in [1.82, 2.24) is 0 Å². The first-order chi connectivity index (χ1) is 8.16. The molecule has 1 atom stereocenters. The first-order valence-electron chi connectivity index (χ1n) is 5.65. The zero-order valence-corrected chi connectivity index (χ0v) is 9.64. The number of benzene rings is 1. The molecule has 0 spiro atoms. The SMILES string of the molecule is CC1CCCOC(=O)c2ccc(cc2)C(=O)O1. The second kappa shape index (κ2) is 4.99. The molecule has 4 nitrogen and oxygen atoms in total. The van der Waals surface area contributed by atoms with Crippen molar-refractivity contribution in [2.75, 3.05) is 6.61 Å². The van der Waals surface area contributed by atoms with Crippen LogP contribution in [0.4, 0.5) is 0 Å². The van der Waals surface area contributed by atoms with E-state index in [1.807, 2.05) is 6.92 Å². The summed E-state index contributed by atoms with van der Waals surface area (Å²) >= 11 is 0. The first kappa shape index (κ1) is 11.6. The van der Waals surface area contributed by atoms with E-state index in [1.165, 1.54) is 0 Å². The van der Waals surface area contributed by atoms with Crippen LogP contribution in [0, 0.1) is 0 Å². The molecule has 1 aromatic carbocycles. The molecule has 0 aromatic heterocycles. The lowest BCUT2D eigenvalue weighted by Gasteiger charge is -2.14. The number of carbonyl (C=O) groups is 2. The van der Waals surface area contributed by atoms with Crippen molar-refractivity contribution in [1.29, 1.82) is 0 Å². The zero-order valence-electron chi connectivity index (χ0n) is 9.64. The molecule has 0 fully saturated rings. The van der Waals surface area contributed by atoms with Gasteiger partial charge in [-0.1, -0.05) is 0 Å². The van der Waals surface area contributed by atoms with E-state index >= 15 is 0 Å². The average Bonchev–Trinajstić information content (AvgIpc) is 2.33. The van der Waals surface area contributed by atoms with Crippen LogP contribution in [0.2, 0.25) is 0 Å². The summed E-state index contributed by atoms with van der Waals surface area (Å²) < 4.78 is 10.3. The summed E-state index contributed by atoms with van der Waals surface area (Å²) in [4.78, 5) is 23.3. The fraction of sp³-hybridized carbons (Fsp3) is 0.385. The largest absolute Gasteiger partial charge is 0.462 e. The highest BCUT2D eigenvalue weighted by Gasteiger charge is 2.15. The molecule has 2 aliphatic heterocycles. The Balaban J connectivity index is 2.26. The van der Waals surface area contributed by atoms with Crippen molar-refractivity contribution in [3.05, 3.63) is 35.4 Å². The molecule has 2 aliphatic rings. The number of rotatable bonds is 0. The minimum atomic E-state index is -0.349. The Morgan fingerprint density at radius 2 is 1.65 bits per heavy atom. The maximum atomic E-state index is 11.7. The van der Waals surface area contributed by atoms with Crippen molar-refractivity contribution < 1.29 is 19.1 Å². The van der Waals surface area contributed by atoms with E-state index in [0.717, 1.165) is 0 Å². The molecule has 90 valence electrons. The van der Waals surface area contributed by atoms with Gasteiger partial charge in [-0.25, -0.2) is 9.59 Å². The van der Waals surface area contributed by atoms with E-state index in [0.29, 0.717) is 30.6 Å². The topological polar surface area (TPSA) is 52.6 Å². The molecule has 0 aliphatic carbocycles. The van der Waals surface area contributed by atoms with Crippen LogP contribution in [0.1, 0.15) is 40.5 Å². The minimum Gasteiger partial charge on any atom is -0.462 e. The Bertz CT molecular complexity index is 422. The van der Waals surface area contributed by atoms with E-state index in [-0.39, 0.29) is 18.0 Å². The number of hydrogen-bond acceptors (Lipinski definition) is 4. The summed E-state index contributed by atoms with van der Waals surface area (Å²) in [5.74, 6) is -0.698. The molecule has 0 saturated heterocycles. The third-order valence-electron chi connectivity index (χ3n) is 2.65. The lowest BCUT2D eigenvalue weighted by Crippen LogP contribution is -2.17. The van der Waals surface area contributed by atoms with Gasteiger partial charge in [0.15, 0.2) is 0 Å².